The lowest BCUT2D eigenvalue weighted by molar-refractivity contribution is 0.0710. The second-order valence-corrected chi connectivity index (χ2v) is 4.12. The molecular formula is C9H17NO. The van der Waals surface area contributed by atoms with Crippen LogP contribution in [0.4, 0.5) is 0 Å². The summed E-state index contributed by atoms with van der Waals surface area (Å²) in [5.41, 5.74) is 0. The number of likely N-dealkylation sites (tertiary alicyclic amines) is 1. The molecule has 0 aromatic heterocycles. The van der Waals surface area contributed by atoms with Crippen LogP contribution >= 0.6 is 0 Å². The summed E-state index contributed by atoms with van der Waals surface area (Å²) in [5, 5.41) is 9.59. The maximum absolute atomic E-state index is 9.59. The number of fused-ring (bicyclic) bond motifs is 1. The third-order valence-corrected chi connectivity index (χ3v) is 3.32. The van der Waals surface area contributed by atoms with Crippen molar-refractivity contribution in [3.8, 4) is 0 Å². The summed E-state index contributed by atoms with van der Waals surface area (Å²) in [6.07, 6.45) is 3.52. The molecule has 0 bridgehead atoms. The molecule has 0 aromatic carbocycles. The van der Waals surface area contributed by atoms with Crippen molar-refractivity contribution in [3.05, 3.63) is 0 Å². The molecule has 1 aliphatic heterocycles. The Hall–Kier alpha value is -0.0800. The quantitative estimate of drug-likeness (QED) is 0.557. The van der Waals surface area contributed by atoms with E-state index in [9.17, 15) is 5.11 Å². The predicted molar refractivity (Wildman–Crippen MR) is 44.3 cm³/mol. The van der Waals surface area contributed by atoms with Gasteiger partial charge >= 0.3 is 0 Å². The van der Waals surface area contributed by atoms with Crippen molar-refractivity contribution >= 4 is 0 Å². The summed E-state index contributed by atoms with van der Waals surface area (Å²) in [6, 6.07) is 0. The second kappa shape index (κ2) is 2.76. The summed E-state index contributed by atoms with van der Waals surface area (Å²) < 4.78 is 0. The Bertz CT molecular complexity index is 148. The number of aliphatic hydroxyl groups excluding tert-OH is 1. The lowest BCUT2D eigenvalue weighted by atomic mass is 9.88. The first-order valence-electron chi connectivity index (χ1n) is 4.64. The molecule has 2 aliphatic rings. The molecule has 1 aliphatic carbocycles. The fraction of sp³-hybridized carbons (Fsp3) is 1.00. The standard InChI is InChI=1S/C9H17NO/c1-10-5-4-8-7(6-10)2-3-9(8)11/h7-9,11H,2-6H2,1H3. The van der Waals surface area contributed by atoms with Crippen LogP contribution in [0.1, 0.15) is 19.3 Å². The van der Waals surface area contributed by atoms with Crippen molar-refractivity contribution in [3.63, 3.8) is 0 Å². The molecule has 0 aromatic rings. The first kappa shape index (κ1) is 7.56. The molecule has 1 heterocycles. The number of piperidine rings is 1. The van der Waals surface area contributed by atoms with Crippen molar-refractivity contribution in [2.24, 2.45) is 11.8 Å². The van der Waals surface area contributed by atoms with Gasteiger partial charge in [-0.3, -0.25) is 0 Å². The van der Waals surface area contributed by atoms with Crippen LogP contribution in [0.2, 0.25) is 0 Å². The molecule has 3 unspecified atom stereocenters. The lowest BCUT2D eigenvalue weighted by Gasteiger charge is -2.33. The average Bonchev–Trinajstić information content (AvgIpc) is 2.32. The van der Waals surface area contributed by atoms with E-state index in [1.807, 2.05) is 0 Å². The minimum Gasteiger partial charge on any atom is -0.393 e. The van der Waals surface area contributed by atoms with E-state index in [1.165, 1.54) is 25.9 Å². The van der Waals surface area contributed by atoms with E-state index in [0.717, 1.165) is 12.3 Å². The zero-order valence-electron chi connectivity index (χ0n) is 7.16. The molecule has 3 atom stereocenters. The van der Waals surface area contributed by atoms with Gasteiger partial charge < -0.3 is 10.0 Å². The summed E-state index contributed by atoms with van der Waals surface area (Å²) in [5.74, 6) is 1.43. The Morgan fingerprint density at radius 2 is 2.09 bits per heavy atom. The van der Waals surface area contributed by atoms with Crippen LogP contribution in [-0.2, 0) is 0 Å². The van der Waals surface area contributed by atoms with E-state index in [1.54, 1.807) is 0 Å². The molecule has 2 nitrogen and oxygen atoms in total. The fourth-order valence-electron chi connectivity index (χ4n) is 2.64. The Kier molecular flexibility index (Phi) is 1.90. The predicted octanol–water partition coefficient (Wildman–Crippen LogP) is 0.709. The minimum atomic E-state index is 0.0219. The van der Waals surface area contributed by atoms with Crippen molar-refractivity contribution in [1.82, 2.24) is 4.90 Å². The summed E-state index contributed by atoms with van der Waals surface area (Å²) in [7, 11) is 2.18. The van der Waals surface area contributed by atoms with Crippen LogP contribution in [0.15, 0.2) is 0 Å². The molecule has 11 heavy (non-hydrogen) atoms. The summed E-state index contributed by atoms with van der Waals surface area (Å²) in [6.45, 7) is 2.39. The normalized spacial score (nSPS) is 45.8. The molecule has 1 saturated carbocycles. The topological polar surface area (TPSA) is 23.5 Å². The van der Waals surface area contributed by atoms with E-state index < -0.39 is 0 Å². The molecule has 0 radical (unpaired) electrons. The van der Waals surface area contributed by atoms with Gasteiger partial charge in [-0.25, -0.2) is 0 Å². The Balaban J connectivity index is 2.00. The van der Waals surface area contributed by atoms with Crippen molar-refractivity contribution < 1.29 is 5.11 Å². The highest BCUT2D eigenvalue weighted by molar-refractivity contribution is 4.89. The minimum absolute atomic E-state index is 0.0219. The third-order valence-electron chi connectivity index (χ3n) is 3.32. The fourth-order valence-corrected chi connectivity index (χ4v) is 2.64. The van der Waals surface area contributed by atoms with E-state index in [0.29, 0.717) is 5.92 Å². The molecule has 0 amide bonds. The highest BCUT2D eigenvalue weighted by atomic mass is 16.3. The molecule has 1 saturated heterocycles. The molecule has 2 fully saturated rings. The molecule has 2 rings (SSSR count). The zero-order chi connectivity index (χ0) is 7.84. The lowest BCUT2D eigenvalue weighted by Crippen LogP contribution is -2.38. The first-order chi connectivity index (χ1) is 5.27. The Labute approximate surface area is 68.2 Å². The van der Waals surface area contributed by atoms with Crippen molar-refractivity contribution in [2.45, 2.75) is 25.4 Å². The van der Waals surface area contributed by atoms with Crippen molar-refractivity contribution in [2.75, 3.05) is 20.1 Å². The highest BCUT2D eigenvalue weighted by Crippen LogP contribution is 2.37. The first-order valence-corrected chi connectivity index (χ1v) is 4.64. The third kappa shape index (κ3) is 1.30. The van der Waals surface area contributed by atoms with Crippen LogP contribution < -0.4 is 0 Å². The number of aliphatic hydroxyl groups is 1. The van der Waals surface area contributed by atoms with Crippen LogP contribution in [0.25, 0.3) is 0 Å². The largest absolute Gasteiger partial charge is 0.393 e. The molecule has 1 N–H and O–H groups in total. The maximum Gasteiger partial charge on any atom is 0.0572 e. The van der Waals surface area contributed by atoms with Gasteiger partial charge in [0.05, 0.1) is 6.10 Å². The van der Waals surface area contributed by atoms with Gasteiger partial charge in [-0.05, 0) is 44.7 Å². The monoisotopic (exact) mass is 155 g/mol. The number of rotatable bonds is 0. The van der Waals surface area contributed by atoms with Gasteiger partial charge in [0.1, 0.15) is 0 Å². The van der Waals surface area contributed by atoms with E-state index in [-0.39, 0.29) is 6.10 Å². The highest BCUT2D eigenvalue weighted by Gasteiger charge is 2.37. The smallest absolute Gasteiger partial charge is 0.0572 e. The van der Waals surface area contributed by atoms with Gasteiger partial charge in [-0.2, -0.15) is 0 Å². The van der Waals surface area contributed by atoms with Crippen LogP contribution in [0.3, 0.4) is 0 Å². The van der Waals surface area contributed by atoms with Crippen molar-refractivity contribution in [1.29, 1.82) is 0 Å². The summed E-state index contributed by atoms with van der Waals surface area (Å²) in [4.78, 5) is 2.39. The van der Waals surface area contributed by atoms with Gasteiger partial charge in [0.25, 0.3) is 0 Å². The average molecular weight is 155 g/mol. The van der Waals surface area contributed by atoms with Gasteiger partial charge in [0, 0.05) is 6.54 Å². The van der Waals surface area contributed by atoms with E-state index in [4.69, 9.17) is 0 Å². The van der Waals surface area contributed by atoms with E-state index >= 15 is 0 Å². The zero-order valence-corrected chi connectivity index (χ0v) is 7.16. The molecule has 0 spiro atoms. The maximum atomic E-state index is 9.59. The second-order valence-electron chi connectivity index (χ2n) is 4.12. The Morgan fingerprint density at radius 3 is 2.91 bits per heavy atom. The Morgan fingerprint density at radius 1 is 1.27 bits per heavy atom. The number of nitrogens with zero attached hydrogens (tertiary/aromatic N) is 1. The number of hydrogen-bond acceptors (Lipinski definition) is 2. The van der Waals surface area contributed by atoms with Crippen LogP contribution in [-0.4, -0.2) is 36.2 Å². The van der Waals surface area contributed by atoms with Gasteiger partial charge in [-0.15, -0.1) is 0 Å². The van der Waals surface area contributed by atoms with Gasteiger partial charge in [0.15, 0.2) is 0 Å². The molecule has 2 heteroatoms. The van der Waals surface area contributed by atoms with Crippen LogP contribution in [0, 0.1) is 11.8 Å². The molecule has 64 valence electrons. The van der Waals surface area contributed by atoms with Gasteiger partial charge in [-0.1, -0.05) is 0 Å². The summed E-state index contributed by atoms with van der Waals surface area (Å²) >= 11 is 0. The van der Waals surface area contributed by atoms with Crippen LogP contribution in [0.5, 0.6) is 0 Å². The SMILES string of the molecule is CN1CCC2C(O)CCC2C1. The molecular weight excluding hydrogens is 138 g/mol. The number of hydrogen-bond donors (Lipinski definition) is 1. The van der Waals surface area contributed by atoms with Gasteiger partial charge in [0.2, 0.25) is 0 Å². The van der Waals surface area contributed by atoms with E-state index in [2.05, 4.69) is 11.9 Å².